The van der Waals surface area contributed by atoms with Gasteiger partial charge in [0.2, 0.25) is 0 Å². The third-order valence-electron chi connectivity index (χ3n) is 4.90. The van der Waals surface area contributed by atoms with E-state index in [0.717, 1.165) is 50.9 Å². The second kappa shape index (κ2) is 8.12. The molecule has 148 valence electrons. The summed E-state index contributed by atoms with van der Waals surface area (Å²) in [5, 5.41) is 14.9. The number of hydrogen-bond donors (Lipinski definition) is 0. The molecule has 0 radical (unpaired) electrons. The summed E-state index contributed by atoms with van der Waals surface area (Å²) in [5.41, 5.74) is 4.85. The van der Waals surface area contributed by atoms with E-state index in [9.17, 15) is 0 Å². The van der Waals surface area contributed by atoms with E-state index in [2.05, 4.69) is 51.1 Å². The zero-order valence-corrected chi connectivity index (χ0v) is 17.2. The van der Waals surface area contributed by atoms with Crippen molar-refractivity contribution in [1.29, 1.82) is 0 Å². The van der Waals surface area contributed by atoms with Gasteiger partial charge in [0.1, 0.15) is 6.26 Å². The fourth-order valence-electron chi connectivity index (χ4n) is 3.45. The van der Waals surface area contributed by atoms with E-state index in [-0.39, 0.29) is 0 Å². The van der Waals surface area contributed by atoms with Crippen LogP contribution < -0.4 is 0 Å². The topological polar surface area (TPSA) is 69.6 Å². The number of fused-ring (bicyclic) bond motifs is 1. The predicted molar refractivity (Wildman–Crippen MR) is 118 cm³/mol. The molecule has 0 atom stereocenters. The van der Waals surface area contributed by atoms with Crippen LogP contribution in [-0.4, -0.2) is 24.9 Å². The average molecular weight is 414 g/mol. The van der Waals surface area contributed by atoms with Crippen molar-refractivity contribution in [2.75, 3.05) is 0 Å². The monoisotopic (exact) mass is 413 g/mol. The third kappa shape index (κ3) is 3.48. The maximum atomic E-state index is 4.92. The van der Waals surface area contributed by atoms with Gasteiger partial charge in [0, 0.05) is 34.9 Å². The highest BCUT2D eigenvalue weighted by Crippen LogP contribution is 2.33. The summed E-state index contributed by atoms with van der Waals surface area (Å²) < 4.78 is 7.06. The van der Waals surface area contributed by atoms with E-state index >= 15 is 0 Å². The van der Waals surface area contributed by atoms with Gasteiger partial charge in [-0.2, -0.15) is 0 Å². The molecule has 30 heavy (non-hydrogen) atoms. The summed E-state index contributed by atoms with van der Waals surface area (Å²) in [5.74, 6) is 1.52. The van der Waals surface area contributed by atoms with Gasteiger partial charge >= 0.3 is 0 Å². The summed E-state index contributed by atoms with van der Waals surface area (Å²) >= 11 is 1.60. The van der Waals surface area contributed by atoms with Crippen molar-refractivity contribution in [3.05, 3.63) is 78.7 Å². The van der Waals surface area contributed by atoms with E-state index in [4.69, 9.17) is 9.51 Å². The first-order valence-corrected chi connectivity index (χ1v) is 10.7. The van der Waals surface area contributed by atoms with Crippen molar-refractivity contribution in [2.45, 2.75) is 24.4 Å². The van der Waals surface area contributed by atoms with Gasteiger partial charge in [-0.05, 0) is 19.1 Å². The molecular formula is C23H19N5OS. The van der Waals surface area contributed by atoms with Crippen LogP contribution in [0.5, 0.6) is 0 Å². The quantitative estimate of drug-likeness (QED) is 0.344. The first kappa shape index (κ1) is 18.6. The molecule has 7 heteroatoms. The second-order valence-electron chi connectivity index (χ2n) is 6.77. The minimum absolute atomic E-state index is 0.682. The minimum Gasteiger partial charge on any atom is -0.364 e. The Kier molecular flexibility index (Phi) is 5.03. The van der Waals surface area contributed by atoms with Crippen molar-refractivity contribution < 1.29 is 4.52 Å². The fourth-order valence-corrected chi connectivity index (χ4v) is 4.34. The Hall–Kier alpha value is -3.45. The lowest BCUT2D eigenvalue weighted by Crippen LogP contribution is -2.01. The first-order chi connectivity index (χ1) is 14.8. The van der Waals surface area contributed by atoms with Crippen LogP contribution in [0.1, 0.15) is 12.6 Å². The van der Waals surface area contributed by atoms with Crippen molar-refractivity contribution in [1.82, 2.24) is 24.9 Å². The molecule has 0 saturated heterocycles. The van der Waals surface area contributed by atoms with Crippen LogP contribution in [0.15, 0.2) is 82.7 Å². The molecule has 0 N–H and O–H groups in total. The maximum absolute atomic E-state index is 4.92. The van der Waals surface area contributed by atoms with Crippen LogP contribution in [-0.2, 0) is 12.3 Å². The van der Waals surface area contributed by atoms with Crippen LogP contribution >= 0.6 is 11.8 Å². The van der Waals surface area contributed by atoms with Gasteiger partial charge < -0.3 is 9.09 Å². The second-order valence-corrected chi connectivity index (χ2v) is 7.71. The molecule has 2 aromatic carbocycles. The van der Waals surface area contributed by atoms with Gasteiger partial charge in [-0.15, -0.1) is 10.2 Å². The van der Waals surface area contributed by atoms with Crippen LogP contribution in [0.2, 0.25) is 0 Å². The highest BCUT2D eigenvalue weighted by Gasteiger charge is 2.18. The Morgan fingerprint density at radius 3 is 2.60 bits per heavy atom. The summed E-state index contributed by atoms with van der Waals surface area (Å²) in [7, 11) is 0. The number of pyridine rings is 1. The molecule has 3 heterocycles. The Balaban J connectivity index is 1.62. The highest BCUT2D eigenvalue weighted by molar-refractivity contribution is 7.98. The van der Waals surface area contributed by atoms with Gasteiger partial charge in [-0.1, -0.05) is 65.4 Å². The van der Waals surface area contributed by atoms with Crippen LogP contribution in [0.25, 0.3) is 33.5 Å². The standard InChI is InChI=1S/C23H19N5OS/c1-2-28-22(25-26-23(28)30-15-17-12-13-29-27-17)19-14-21(16-8-4-3-5-9-16)24-20-11-7-6-10-18(19)20/h3-14H,2,15H2,1H3. The average Bonchev–Trinajstić information content (AvgIpc) is 3.47. The highest BCUT2D eigenvalue weighted by atomic mass is 32.2. The van der Waals surface area contributed by atoms with E-state index in [0.29, 0.717) is 5.75 Å². The predicted octanol–water partition coefficient (Wildman–Crippen LogP) is 5.46. The van der Waals surface area contributed by atoms with Crippen LogP contribution in [0.4, 0.5) is 0 Å². The molecule has 0 unspecified atom stereocenters. The first-order valence-electron chi connectivity index (χ1n) is 9.74. The Labute approximate surface area is 178 Å². The lowest BCUT2D eigenvalue weighted by Gasteiger charge is -2.11. The summed E-state index contributed by atoms with van der Waals surface area (Å²) in [6.07, 6.45) is 1.58. The maximum Gasteiger partial charge on any atom is 0.191 e. The largest absolute Gasteiger partial charge is 0.364 e. The van der Waals surface area contributed by atoms with Crippen LogP contribution in [0, 0.1) is 0 Å². The molecule has 6 nitrogen and oxygen atoms in total. The van der Waals surface area contributed by atoms with Crippen molar-refractivity contribution in [2.24, 2.45) is 0 Å². The SMILES string of the molecule is CCn1c(SCc2ccon2)nnc1-c1cc(-c2ccccc2)nc2ccccc12. The van der Waals surface area contributed by atoms with Crippen molar-refractivity contribution in [3.8, 4) is 22.6 Å². The molecule has 0 aliphatic carbocycles. The molecule has 0 aliphatic rings. The zero-order valence-electron chi connectivity index (χ0n) is 16.4. The minimum atomic E-state index is 0.682. The molecule has 0 aliphatic heterocycles. The number of benzene rings is 2. The normalized spacial score (nSPS) is 11.2. The van der Waals surface area contributed by atoms with Crippen LogP contribution in [0.3, 0.4) is 0 Å². The Bertz CT molecular complexity index is 1280. The van der Waals surface area contributed by atoms with Crippen molar-refractivity contribution >= 4 is 22.7 Å². The lowest BCUT2D eigenvalue weighted by molar-refractivity contribution is 0.414. The molecule has 5 aromatic rings. The molecular weight excluding hydrogens is 394 g/mol. The molecule has 0 bridgehead atoms. The van der Waals surface area contributed by atoms with E-state index in [1.165, 1.54) is 0 Å². The molecule has 0 spiro atoms. The summed E-state index contributed by atoms with van der Waals surface area (Å²) in [6.45, 7) is 2.87. The summed E-state index contributed by atoms with van der Waals surface area (Å²) in [6, 6.07) is 22.4. The van der Waals surface area contributed by atoms with Gasteiger partial charge in [-0.25, -0.2) is 4.98 Å². The van der Waals surface area contributed by atoms with Gasteiger partial charge in [0.15, 0.2) is 11.0 Å². The zero-order chi connectivity index (χ0) is 20.3. The Morgan fingerprint density at radius 2 is 1.80 bits per heavy atom. The summed E-state index contributed by atoms with van der Waals surface area (Å²) in [4.78, 5) is 4.88. The van der Waals surface area contributed by atoms with E-state index in [1.807, 2.05) is 42.5 Å². The lowest BCUT2D eigenvalue weighted by atomic mass is 10.0. The molecule has 0 fully saturated rings. The fraction of sp³-hybridized carbons (Fsp3) is 0.130. The van der Waals surface area contributed by atoms with E-state index < -0.39 is 0 Å². The molecule has 0 saturated carbocycles. The molecule has 0 amide bonds. The van der Waals surface area contributed by atoms with E-state index in [1.54, 1.807) is 18.0 Å². The number of thioether (sulfide) groups is 1. The smallest absolute Gasteiger partial charge is 0.191 e. The van der Waals surface area contributed by atoms with Gasteiger partial charge in [0.25, 0.3) is 0 Å². The number of para-hydroxylation sites is 1. The van der Waals surface area contributed by atoms with Gasteiger partial charge in [0.05, 0.1) is 16.9 Å². The molecule has 5 rings (SSSR count). The number of aromatic nitrogens is 5. The van der Waals surface area contributed by atoms with Gasteiger partial charge in [-0.3, -0.25) is 0 Å². The van der Waals surface area contributed by atoms with Crippen molar-refractivity contribution in [3.63, 3.8) is 0 Å². The Morgan fingerprint density at radius 1 is 0.967 bits per heavy atom. The molecule has 3 aromatic heterocycles. The number of hydrogen-bond acceptors (Lipinski definition) is 6. The number of nitrogens with zero attached hydrogens (tertiary/aromatic N) is 5. The third-order valence-corrected chi connectivity index (χ3v) is 5.90. The number of rotatable bonds is 6.